The van der Waals surface area contributed by atoms with Gasteiger partial charge in [0.2, 0.25) is 0 Å². The molecule has 0 saturated carbocycles. The van der Waals surface area contributed by atoms with Crippen LogP contribution >= 0.6 is 11.3 Å². The Hall–Kier alpha value is -2.32. The molecule has 0 unspecified atom stereocenters. The van der Waals surface area contributed by atoms with Crippen molar-refractivity contribution in [2.75, 3.05) is 19.7 Å². The summed E-state index contributed by atoms with van der Waals surface area (Å²) < 4.78 is 31.9. The van der Waals surface area contributed by atoms with Crippen LogP contribution in [0.1, 0.15) is 31.0 Å². The third-order valence-electron chi connectivity index (χ3n) is 3.70. The Morgan fingerprint density at radius 2 is 1.92 bits per heavy atom. The van der Waals surface area contributed by atoms with Crippen LogP contribution in [-0.2, 0) is 4.74 Å². The largest absolute Gasteiger partial charge is 0.477 e. The Labute approximate surface area is 140 Å². The van der Waals surface area contributed by atoms with E-state index in [4.69, 9.17) is 9.84 Å². The lowest BCUT2D eigenvalue weighted by molar-refractivity contribution is -0.0228. The number of carbonyl (C=O) groups excluding carboxylic acids is 1. The van der Waals surface area contributed by atoms with Crippen LogP contribution in [0.2, 0.25) is 0 Å². The van der Waals surface area contributed by atoms with E-state index < -0.39 is 23.7 Å². The summed E-state index contributed by atoms with van der Waals surface area (Å²) in [7, 11) is 0. The maximum atomic E-state index is 13.4. The van der Waals surface area contributed by atoms with Crippen molar-refractivity contribution in [2.24, 2.45) is 0 Å². The highest BCUT2D eigenvalue weighted by molar-refractivity contribution is 7.15. The molecule has 1 saturated heterocycles. The highest BCUT2D eigenvalue weighted by Crippen LogP contribution is 2.26. The van der Waals surface area contributed by atoms with Crippen LogP contribution in [0.25, 0.3) is 0 Å². The predicted octanol–water partition coefficient (Wildman–Crippen LogP) is 2.94. The average Bonchev–Trinajstić information content (AvgIpc) is 3.07. The zero-order chi connectivity index (χ0) is 17.3. The normalized spacial score (nSPS) is 17.8. The molecule has 24 heavy (non-hydrogen) atoms. The summed E-state index contributed by atoms with van der Waals surface area (Å²) in [4.78, 5) is 25.3. The number of nitrogens with zero attached hydrogens (tertiary/aromatic N) is 1. The van der Waals surface area contributed by atoms with Crippen LogP contribution in [0, 0.1) is 11.6 Å². The first-order chi connectivity index (χ1) is 11.5. The number of carbonyl (C=O) groups is 2. The molecule has 1 fully saturated rings. The number of amides is 1. The van der Waals surface area contributed by atoms with Gasteiger partial charge in [0.25, 0.3) is 5.91 Å². The summed E-state index contributed by atoms with van der Waals surface area (Å²) in [6, 6.07) is 6.35. The SMILES string of the molecule is O=C(O)c1ccc(C(=O)N2CCO[C@H](c3ccc(F)c(F)c3)C2)s1. The lowest BCUT2D eigenvalue weighted by Gasteiger charge is -2.33. The van der Waals surface area contributed by atoms with Crippen LogP contribution in [0.4, 0.5) is 8.78 Å². The lowest BCUT2D eigenvalue weighted by atomic mass is 10.1. The molecule has 1 amide bonds. The van der Waals surface area contributed by atoms with Crippen LogP contribution < -0.4 is 0 Å². The minimum atomic E-state index is -1.08. The van der Waals surface area contributed by atoms with E-state index in [2.05, 4.69) is 0 Å². The number of hydrogen-bond acceptors (Lipinski definition) is 4. The number of benzene rings is 1. The second-order valence-electron chi connectivity index (χ2n) is 5.25. The van der Waals surface area contributed by atoms with Gasteiger partial charge in [-0.1, -0.05) is 6.07 Å². The molecule has 2 aromatic rings. The summed E-state index contributed by atoms with van der Waals surface area (Å²) in [5.41, 5.74) is 0.448. The number of aromatic carboxylic acids is 1. The van der Waals surface area contributed by atoms with Crippen molar-refractivity contribution in [3.8, 4) is 0 Å². The van der Waals surface area contributed by atoms with Crippen LogP contribution in [0.15, 0.2) is 30.3 Å². The molecule has 126 valence electrons. The van der Waals surface area contributed by atoms with Gasteiger partial charge < -0.3 is 14.7 Å². The van der Waals surface area contributed by atoms with E-state index in [9.17, 15) is 18.4 Å². The number of hydrogen-bond donors (Lipinski definition) is 1. The number of halogens is 2. The number of ether oxygens (including phenoxy) is 1. The molecule has 0 aliphatic carbocycles. The lowest BCUT2D eigenvalue weighted by Crippen LogP contribution is -2.42. The zero-order valence-electron chi connectivity index (χ0n) is 12.4. The molecule has 8 heteroatoms. The summed E-state index contributed by atoms with van der Waals surface area (Å²) >= 11 is 0.903. The molecule has 0 bridgehead atoms. The monoisotopic (exact) mass is 353 g/mol. The van der Waals surface area contributed by atoms with E-state index in [0.717, 1.165) is 23.5 Å². The van der Waals surface area contributed by atoms with Crippen LogP contribution in [0.3, 0.4) is 0 Å². The van der Waals surface area contributed by atoms with E-state index in [-0.39, 0.29) is 23.9 Å². The second kappa shape index (κ2) is 6.66. The fourth-order valence-electron chi connectivity index (χ4n) is 2.47. The quantitative estimate of drug-likeness (QED) is 0.921. The predicted molar refractivity (Wildman–Crippen MR) is 82.2 cm³/mol. The van der Waals surface area contributed by atoms with E-state index >= 15 is 0 Å². The molecule has 1 atom stereocenters. The van der Waals surface area contributed by atoms with Crippen molar-refractivity contribution in [3.05, 3.63) is 57.3 Å². The third-order valence-corrected chi connectivity index (χ3v) is 4.76. The number of thiophene rings is 1. The van der Waals surface area contributed by atoms with Crippen molar-refractivity contribution in [1.29, 1.82) is 0 Å². The molecule has 5 nitrogen and oxygen atoms in total. The van der Waals surface area contributed by atoms with Gasteiger partial charge in [-0.15, -0.1) is 11.3 Å². The zero-order valence-corrected chi connectivity index (χ0v) is 13.2. The molecular weight excluding hydrogens is 340 g/mol. The second-order valence-corrected chi connectivity index (χ2v) is 6.34. The molecule has 0 spiro atoms. The summed E-state index contributed by atoms with van der Waals surface area (Å²) in [6.45, 7) is 0.788. The standard InChI is InChI=1S/C16H13F2NO4S/c17-10-2-1-9(7-11(10)18)12-8-19(5-6-23-12)15(20)13-3-4-14(24-13)16(21)22/h1-4,7,12H,5-6,8H2,(H,21,22)/t12-/m0/s1. The Morgan fingerprint density at radius 3 is 2.58 bits per heavy atom. The Kier molecular flexibility index (Phi) is 4.59. The van der Waals surface area contributed by atoms with Crippen molar-refractivity contribution < 1.29 is 28.2 Å². The van der Waals surface area contributed by atoms with Gasteiger partial charge in [0.1, 0.15) is 11.0 Å². The first-order valence-electron chi connectivity index (χ1n) is 7.14. The van der Waals surface area contributed by atoms with E-state index in [1.54, 1.807) is 0 Å². The minimum Gasteiger partial charge on any atom is -0.477 e. The van der Waals surface area contributed by atoms with Crippen LogP contribution in [0.5, 0.6) is 0 Å². The maximum Gasteiger partial charge on any atom is 0.345 e. The smallest absolute Gasteiger partial charge is 0.345 e. The first-order valence-corrected chi connectivity index (χ1v) is 7.96. The van der Waals surface area contributed by atoms with Crippen molar-refractivity contribution in [3.63, 3.8) is 0 Å². The van der Waals surface area contributed by atoms with Crippen molar-refractivity contribution in [2.45, 2.75) is 6.10 Å². The van der Waals surface area contributed by atoms with Gasteiger partial charge in [0.15, 0.2) is 11.6 Å². The first kappa shape index (κ1) is 16.5. The van der Waals surface area contributed by atoms with Gasteiger partial charge in [-0.25, -0.2) is 13.6 Å². The molecule has 1 aromatic carbocycles. The highest BCUT2D eigenvalue weighted by atomic mass is 32.1. The summed E-state index contributed by atoms with van der Waals surface area (Å²) in [6.07, 6.45) is -0.559. The summed E-state index contributed by atoms with van der Waals surface area (Å²) in [5.74, 6) is -3.30. The fourth-order valence-corrected chi connectivity index (χ4v) is 3.28. The van der Waals surface area contributed by atoms with Crippen molar-refractivity contribution in [1.82, 2.24) is 4.90 Å². The number of carboxylic acid groups (broad SMARTS) is 1. The van der Waals surface area contributed by atoms with Crippen molar-refractivity contribution >= 4 is 23.2 Å². The number of rotatable bonds is 3. The Morgan fingerprint density at radius 1 is 1.17 bits per heavy atom. The molecule has 1 aromatic heterocycles. The molecule has 1 aliphatic rings. The molecule has 2 heterocycles. The van der Waals surface area contributed by atoms with Gasteiger partial charge >= 0.3 is 5.97 Å². The number of carboxylic acids is 1. The summed E-state index contributed by atoms with van der Waals surface area (Å²) in [5, 5.41) is 8.93. The van der Waals surface area contributed by atoms with Gasteiger partial charge in [0, 0.05) is 6.54 Å². The Balaban J connectivity index is 1.75. The Bertz CT molecular complexity index is 792. The molecule has 0 radical (unpaired) electrons. The maximum absolute atomic E-state index is 13.4. The molecule has 1 aliphatic heterocycles. The average molecular weight is 353 g/mol. The van der Waals surface area contributed by atoms with E-state index in [1.807, 2.05) is 0 Å². The van der Waals surface area contributed by atoms with Gasteiger partial charge in [-0.3, -0.25) is 4.79 Å². The van der Waals surface area contributed by atoms with Gasteiger partial charge in [0.05, 0.1) is 18.0 Å². The topological polar surface area (TPSA) is 66.8 Å². The number of morpholine rings is 1. The van der Waals surface area contributed by atoms with Gasteiger partial charge in [-0.05, 0) is 29.8 Å². The molecule has 3 rings (SSSR count). The van der Waals surface area contributed by atoms with E-state index in [0.29, 0.717) is 17.0 Å². The van der Waals surface area contributed by atoms with Gasteiger partial charge in [-0.2, -0.15) is 0 Å². The van der Waals surface area contributed by atoms with E-state index in [1.165, 1.54) is 23.1 Å². The molecular formula is C16H13F2NO4S. The molecule has 1 N–H and O–H groups in total. The van der Waals surface area contributed by atoms with Crippen LogP contribution in [-0.4, -0.2) is 41.6 Å². The minimum absolute atomic E-state index is 0.0868. The highest BCUT2D eigenvalue weighted by Gasteiger charge is 2.27. The fraction of sp³-hybridized carbons (Fsp3) is 0.250. The third kappa shape index (κ3) is 3.29.